The molecule has 1 N–H and O–H groups in total. The van der Waals surface area contributed by atoms with Crippen LogP contribution in [-0.4, -0.2) is 5.91 Å². The number of nitrogens with one attached hydrogen (secondary N) is 1. The van der Waals surface area contributed by atoms with Crippen molar-refractivity contribution in [1.82, 2.24) is 0 Å². The Labute approximate surface area is 112 Å². The van der Waals surface area contributed by atoms with E-state index in [0.29, 0.717) is 0 Å². The number of rotatable bonds is 4. The molecule has 0 saturated heterocycles. The summed E-state index contributed by atoms with van der Waals surface area (Å²) in [4.78, 5) is 12.0. The van der Waals surface area contributed by atoms with E-state index >= 15 is 0 Å². The van der Waals surface area contributed by atoms with Gasteiger partial charge in [-0.15, -0.1) is 0 Å². The second-order valence-corrected chi connectivity index (χ2v) is 4.34. The summed E-state index contributed by atoms with van der Waals surface area (Å²) < 4.78 is 13.5. The lowest BCUT2D eigenvalue weighted by atomic mass is 10.1. The van der Waals surface area contributed by atoms with E-state index < -0.39 is 11.7 Å². The van der Waals surface area contributed by atoms with Crippen molar-refractivity contribution < 1.29 is 9.18 Å². The van der Waals surface area contributed by atoms with E-state index in [9.17, 15) is 9.18 Å². The minimum atomic E-state index is -0.507. The zero-order valence-corrected chi connectivity index (χ0v) is 10.8. The highest BCUT2D eigenvalue weighted by molar-refractivity contribution is 6.04. The highest BCUT2D eigenvalue weighted by atomic mass is 19.1. The summed E-state index contributed by atoms with van der Waals surface area (Å²) in [6.07, 6.45) is 1.88. The highest BCUT2D eigenvalue weighted by Gasteiger charge is 2.12. The fraction of sp³-hybridized carbons (Fsp3) is 0.188. The predicted octanol–water partition coefficient (Wildman–Crippen LogP) is 4.03. The van der Waals surface area contributed by atoms with Gasteiger partial charge in [-0.05, 0) is 30.2 Å². The van der Waals surface area contributed by atoms with E-state index in [1.54, 1.807) is 12.1 Å². The van der Waals surface area contributed by atoms with E-state index in [0.717, 1.165) is 24.1 Å². The van der Waals surface area contributed by atoms with E-state index in [4.69, 9.17) is 0 Å². The van der Waals surface area contributed by atoms with Gasteiger partial charge < -0.3 is 5.32 Å². The van der Waals surface area contributed by atoms with Crippen molar-refractivity contribution >= 4 is 11.6 Å². The number of hydrogen-bond acceptors (Lipinski definition) is 1. The Bertz CT molecular complexity index is 580. The van der Waals surface area contributed by atoms with Crippen LogP contribution in [-0.2, 0) is 6.42 Å². The lowest BCUT2D eigenvalue weighted by Gasteiger charge is -2.10. The minimum Gasteiger partial charge on any atom is -0.322 e. The van der Waals surface area contributed by atoms with E-state index in [-0.39, 0.29) is 5.56 Å². The summed E-state index contributed by atoms with van der Waals surface area (Å²) >= 11 is 0. The number of anilines is 1. The van der Waals surface area contributed by atoms with Crippen LogP contribution in [0, 0.1) is 5.82 Å². The highest BCUT2D eigenvalue weighted by Crippen LogP contribution is 2.18. The van der Waals surface area contributed by atoms with E-state index in [1.165, 1.54) is 12.1 Å². The van der Waals surface area contributed by atoms with Crippen LogP contribution < -0.4 is 5.32 Å². The summed E-state index contributed by atoms with van der Waals surface area (Å²) in [5.74, 6) is -0.922. The van der Waals surface area contributed by atoms with Gasteiger partial charge >= 0.3 is 0 Å². The Morgan fingerprint density at radius 3 is 2.53 bits per heavy atom. The van der Waals surface area contributed by atoms with Gasteiger partial charge in [0, 0.05) is 5.69 Å². The summed E-state index contributed by atoms with van der Waals surface area (Å²) in [5.41, 5.74) is 1.88. The van der Waals surface area contributed by atoms with Crippen molar-refractivity contribution in [2.75, 3.05) is 5.32 Å². The van der Waals surface area contributed by atoms with Gasteiger partial charge in [-0.25, -0.2) is 4.39 Å². The van der Waals surface area contributed by atoms with Crippen LogP contribution in [0.5, 0.6) is 0 Å². The molecule has 0 saturated carbocycles. The summed E-state index contributed by atoms with van der Waals surface area (Å²) in [5, 5.41) is 2.77. The maximum Gasteiger partial charge on any atom is 0.258 e. The first-order valence-corrected chi connectivity index (χ1v) is 6.36. The number of hydrogen-bond donors (Lipinski definition) is 1. The second kappa shape index (κ2) is 6.14. The molecular formula is C16H16FNO. The molecule has 0 spiro atoms. The molecule has 0 aliphatic rings. The molecular weight excluding hydrogens is 241 g/mol. The maximum absolute atomic E-state index is 13.5. The molecule has 0 aliphatic heterocycles. The normalized spacial score (nSPS) is 10.2. The van der Waals surface area contributed by atoms with Crippen LogP contribution in [0.15, 0.2) is 48.5 Å². The van der Waals surface area contributed by atoms with Crippen LogP contribution in [0.2, 0.25) is 0 Å². The summed E-state index contributed by atoms with van der Waals surface area (Å²) in [7, 11) is 0. The van der Waals surface area contributed by atoms with Crippen LogP contribution in [0.1, 0.15) is 29.3 Å². The number of carbonyl (C=O) groups excluding carboxylic acids is 1. The average Bonchev–Trinajstić information content (AvgIpc) is 2.41. The van der Waals surface area contributed by atoms with E-state index in [2.05, 4.69) is 12.2 Å². The largest absolute Gasteiger partial charge is 0.322 e. The van der Waals surface area contributed by atoms with Crippen LogP contribution in [0.3, 0.4) is 0 Å². The molecule has 0 aliphatic carbocycles. The third-order valence-corrected chi connectivity index (χ3v) is 2.90. The van der Waals surface area contributed by atoms with Gasteiger partial charge in [-0.2, -0.15) is 0 Å². The van der Waals surface area contributed by atoms with Crippen molar-refractivity contribution in [1.29, 1.82) is 0 Å². The number of carbonyl (C=O) groups is 1. The van der Waals surface area contributed by atoms with Crippen molar-refractivity contribution in [3.63, 3.8) is 0 Å². The second-order valence-electron chi connectivity index (χ2n) is 4.34. The van der Waals surface area contributed by atoms with Crippen molar-refractivity contribution in [2.45, 2.75) is 19.8 Å². The maximum atomic E-state index is 13.5. The average molecular weight is 257 g/mol. The molecule has 19 heavy (non-hydrogen) atoms. The van der Waals surface area contributed by atoms with E-state index in [1.807, 2.05) is 24.3 Å². The first-order chi connectivity index (χ1) is 9.22. The quantitative estimate of drug-likeness (QED) is 0.880. The molecule has 3 heteroatoms. The fourth-order valence-electron chi connectivity index (χ4n) is 1.96. The van der Waals surface area contributed by atoms with Gasteiger partial charge in [0.25, 0.3) is 5.91 Å². The Hall–Kier alpha value is -2.16. The van der Waals surface area contributed by atoms with Gasteiger partial charge in [-0.3, -0.25) is 4.79 Å². The molecule has 0 bridgehead atoms. The monoisotopic (exact) mass is 257 g/mol. The Kier molecular flexibility index (Phi) is 4.29. The van der Waals surface area contributed by atoms with Crippen molar-refractivity contribution in [3.8, 4) is 0 Å². The molecule has 2 rings (SSSR count). The number of aryl methyl sites for hydroxylation is 1. The number of halogens is 1. The molecule has 2 aromatic carbocycles. The smallest absolute Gasteiger partial charge is 0.258 e. The molecule has 2 nitrogen and oxygen atoms in total. The molecule has 0 atom stereocenters. The number of benzene rings is 2. The van der Waals surface area contributed by atoms with Gasteiger partial charge in [0.15, 0.2) is 0 Å². The van der Waals surface area contributed by atoms with Gasteiger partial charge in [0.2, 0.25) is 0 Å². The zero-order valence-electron chi connectivity index (χ0n) is 10.8. The lowest BCUT2D eigenvalue weighted by molar-refractivity contribution is 0.102. The van der Waals surface area contributed by atoms with Gasteiger partial charge in [0.1, 0.15) is 5.82 Å². The molecule has 2 aromatic rings. The Balaban J connectivity index is 2.22. The minimum absolute atomic E-state index is 0.0637. The summed E-state index contributed by atoms with van der Waals surface area (Å²) in [6.45, 7) is 2.08. The molecule has 0 radical (unpaired) electrons. The molecule has 0 aromatic heterocycles. The Morgan fingerprint density at radius 2 is 1.79 bits per heavy atom. The molecule has 0 heterocycles. The SMILES string of the molecule is CCCc1ccccc1NC(=O)c1ccccc1F. The molecule has 1 amide bonds. The van der Waals surface area contributed by atoms with Gasteiger partial charge in [0.05, 0.1) is 5.56 Å². The molecule has 0 fully saturated rings. The van der Waals surface area contributed by atoms with Crippen LogP contribution >= 0.6 is 0 Å². The predicted molar refractivity (Wildman–Crippen MR) is 74.8 cm³/mol. The third kappa shape index (κ3) is 3.19. The number of para-hydroxylation sites is 1. The first-order valence-electron chi connectivity index (χ1n) is 6.36. The zero-order chi connectivity index (χ0) is 13.7. The first kappa shape index (κ1) is 13.3. The lowest BCUT2D eigenvalue weighted by Crippen LogP contribution is -2.14. The van der Waals surface area contributed by atoms with Crippen LogP contribution in [0.4, 0.5) is 10.1 Å². The fourth-order valence-corrected chi connectivity index (χ4v) is 1.96. The Morgan fingerprint density at radius 1 is 1.11 bits per heavy atom. The topological polar surface area (TPSA) is 29.1 Å². The van der Waals surface area contributed by atoms with Crippen molar-refractivity contribution in [2.24, 2.45) is 0 Å². The van der Waals surface area contributed by atoms with Crippen molar-refractivity contribution in [3.05, 3.63) is 65.5 Å². The number of amides is 1. The molecule has 98 valence electrons. The standard InChI is InChI=1S/C16H16FNO/c1-2-7-12-8-3-6-11-15(12)18-16(19)13-9-4-5-10-14(13)17/h3-6,8-11H,2,7H2,1H3,(H,18,19). The van der Waals surface area contributed by atoms with Crippen LogP contribution in [0.25, 0.3) is 0 Å². The molecule has 0 unspecified atom stereocenters. The van der Waals surface area contributed by atoms with Gasteiger partial charge in [-0.1, -0.05) is 43.7 Å². The summed E-state index contributed by atoms with van der Waals surface area (Å²) in [6, 6.07) is 13.6. The third-order valence-electron chi connectivity index (χ3n) is 2.90.